The Hall–Kier alpha value is 1.04. The molecule has 0 atom stereocenters. The van der Waals surface area contributed by atoms with Crippen LogP contribution in [0, 0.1) is 40.4 Å². The molecular weight excluding hydrogens is 299 g/mol. The monoisotopic (exact) mass is 302 g/mol. The maximum Gasteiger partial charge on any atom is 0.522 e. The molecule has 0 bridgehead atoms. The molecule has 0 aliphatic rings. The molecule has 56 valence electrons. The summed E-state index contributed by atoms with van der Waals surface area (Å²) in [7, 11) is -5.84. The van der Waals surface area contributed by atoms with E-state index in [1.54, 1.807) is 0 Å². The predicted molar refractivity (Wildman–Crippen MR) is 17.6 cm³/mol. The van der Waals surface area contributed by atoms with Gasteiger partial charge in [-0.1, -0.05) is 0 Å². The van der Waals surface area contributed by atoms with Gasteiger partial charge in [-0.3, -0.25) is 4.55 Å². The van der Waals surface area contributed by atoms with Crippen LogP contribution in [0.2, 0.25) is 0 Å². The zero-order valence-corrected chi connectivity index (χ0v) is 7.15. The van der Waals surface area contributed by atoms with Crippen LogP contribution in [-0.4, -0.2) is 18.5 Å². The minimum Gasteiger partial charge on any atom is -0.279 e. The molecule has 0 fully saturated rings. The summed E-state index contributed by atoms with van der Waals surface area (Å²) in [5.74, 6) is 0. The Bertz CT molecular complexity index is 168. The van der Waals surface area contributed by atoms with Gasteiger partial charge < -0.3 is 0 Å². The molecule has 0 aromatic heterocycles. The van der Waals surface area contributed by atoms with Gasteiger partial charge in [0, 0.05) is 40.4 Å². The van der Waals surface area contributed by atoms with Crippen molar-refractivity contribution in [3.8, 4) is 0 Å². The van der Waals surface area contributed by atoms with E-state index in [9.17, 15) is 13.2 Å². The first-order valence-corrected chi connectivity index (χ1v) is 2.73. The molecule has 9 heavy (non-hydrogen) atoms. The minimum absolute atomic E-state index is 0. The van der Waals surface area contributed by atoms with Gasteiger partial charge in [0.2, 0.25) is 0 Å². The van der Waals surface area contributed by atoms with E-state index in [0.717, 1.165) is 0 Å². The third-order valence-electron chi connectivity index (χ3n) is 0.292. The van der Waals surface area contributed by atoms with Crippen molar-refractivity contribution in [2.45, 2.75) is 5.51 Å². The summed E-state index contributed by atoms with van der Waals surface area (Å²) in [4.78, 5) is 0. The van der Waals surface area contributed by atoms with Crippen LogP contribution in [0.1, 0.15) is 0 Å². The summed E-state index contributed by atoms with van der Waals surface area (Å²) < 4.78 is 57.5. The number of alkyl halides is 3. The maximum absolute atomic E-state index is 10.7. The molecule has 0 amide bonds. The molecule has 0 aromatic carbocycles. The van der Waals surface area contributed by atoms with Crippen molar-refractivity contribution in [1.82, 2.24) is 0 Å². The van der Waals surface area contributed by atoms with Crippen LogP contribution in [0.15, 0.2) is 0 Å². The summed E-state index contributed by atoms with van der Waals surface area (Å²) in [6.07, 6.45) is 0. The van der Waals surface area contributed by atoms with Crippen LogP contribution in [0.3, 0.4) is 0 Å². The van der Waals surface area contributed by atoms with Crippen molar-refractivity contribution >= 4 is 10.1 Å². The molecule has 1 N–H and O–H groups in total. The first-order chi connectivity index (χ1) is 3.25. The van der Waals surface area contributed by atoms with Crippen molar-refractivity contribution in [2.75, 3.05) is 0 Å². The van der Waals surface area contributed by atoms with Crippen LogP contribution in [0.25, 0.3) is 0 Å². The molecule has 3 nitrogen and oxygen atoms in total. The Morgan fingerprint density at radius 2 is 1.33 bits per heavy atom. The van der Waals surface area contributed by atoms with Crippen LogP contribution in [0.5, 0.6) is 0 Å². The quantitative estimate of drug-likeness (QED) is 0.520. The zero-order chi connectivity index (χ0) is 7.00. The van der Waals surface area contributed by atoms with Crippen molar-refractivity contribution < 1.29 is 66.5 Å². The largest absolute Gasteiger partial charge is 0.522 e. The molecule has 0 unspecified atom stereocenters. The summed E-state index contributed by atoms with van der Waals surface area (Å²) in [6, 6.07) is 0. The number of rotatable bonds is 0. The molecule has 0 aromatic rings. The Morgan fingerprint density at radius 3 is 1.33 bits per heavy atom. The number of hydrogen-bond acceptors (Lipinski definition) is 2. The molecule has 0 heterocycles. The van der Waals surface area contributed by atoms with Crippen LogP contribution in [0.4, 0.5) is 13.2 Å². The van der Waals surface area contributed by atoms with Gasteiger partial charge in [0.25, 0.3) is 0 Å². The molecule has 8 heteroatoms. The van der Waals surface area contributed by atoms with Crippen molar-refractivity contribution in [3.05, 3.63) is 0 Å². The summed E-state index contributed by atoms with van der Waals surface area (Å²) in [5.41, 5.74) is -5.53. The summed E-state index contributed by atoms with van der Waals surface area (Å²) in [6.45, 7) is 0. The molecule has 0 aliphatic carbocycles. The molecular formula is CHF3O3SSm. The smallest absolute Gasteiger partial charge is 0.279 e. The summed E-state index contributed by atoms with van der Waals surface area (Å²) >= 11 is 0. The topological polar surface area (TPSA) is 54.4 Å². The normalized spacial score (nSPS) is 12.4. The van der Waals surface area contributed by atoms with Gasteiger partial charge in [-0.25, -0.2) is 0 Å². The average Bonchev–Trinajstić information content (AvgIpc) is 1.25. The first-order valence-electron chi connectivity index (χ1n) is 1.29. The van der Waals surface area contributed by atoms with Gasteiger partial charge in [-0.2, -0.15) is 21.6 Å². The van der Waals surface area contributed by atoms with E-state index in [0.29, 0.717) is 0 Å². The van der Waals surface area contributed by atoms with E-state index in [4.69, 9.17) is 13.0 Å². The Kier molecular flexibility index (Phi) is 4.84. The van der Waals surface area contributed by atoms with Crippen molar-refractivity contribution in [1.29, 1.82) is 0 Å². The van der Waals surface area contributed by atoms with E-state index in [-0.39, 0.29) is 40.4 Å². The van der Waals surface area contributed by atoms with E-state index in [2.05, 4.69) is 0 Å². The molecule has 0 spiro atoms. The van der Waals surface area contributed by atoms with Crippen LogP contribution < -0.4 is 0 Å². The third-order valence-corrected chi connectivity index (χ3v) is 0.877. The fraction of sp³-hybridized carbons (Fsp3) is 1.00. The van der Waals surface area contributed by atoms with Gasteiger partial charge >= 0.3 is 15.6 Å². The molecule has 0 saturated heterocycles. The van der Waals surface area contributed by atoms with Crippen LogP contribution in [-0.2, 0) is 10.1 Å². The maximum atomic E-state index is 10.7. The second-order valence-corrected chi connectivity index (χ2v) is 2.33. The molecule has 0 rings (SSSR count). The van der Waals surface area contributed by atoms with Gasteiger partial charge in [0.05, 0.1) is 0 Å². The number of halogens is 3. The fourth-order valence-electron chi connectivity index (χ4n) is 0. The minimum atomic E-state index is -5.84. The predicted octanol–water partition coefficient (Wildman–Crippen LogP) is 0.394. The van der Waals surface area contributed by atoms with Crippen LogP contribution >= 0.6 is 0 Å². The second kappa shape index (κ2) is 3.43. The van der Waals surface area contributed by atoms with Gasteiger partial charge in [-0.05, 0) is 0 Å². The van der Waals surface area contributed by atoms with E-state index >= 15 is 0 Å². The van der Waals surface area contributed by atoms with E-state index in [1.165, 1.54) is 0 Å². The SMILES string of the molecule is O=S(=O)(O)C(F)(F)F.[Sm]. The Balaban J connectivity index is 0. The third kappa shape index (κ3) is 4.44. The fourth-order valence-corrected chi connectivity index (χ4v) is 0. The van der Waals surface area contributed by atoms with Gasteiger partial charge in [0.15, 0.2) is 0 Å². The second-order valence-electron chi connectivity index (χ2n) is 0.921. The van der Waals surface area contributed by atoms with Crippen molar-refractivity contribution in [3.63, 3.8) is 0 Å². The molecule has 0 saturated carbocycles. The van der Waals surface area contributed by atoms with E-state index in [1.807, 2.05) is 0 Å². The van der Waals surface area contributed by atoms with Gasteiger partial charge in [-0.15, -0.1) is 0 Å². The summed E-state index contributed by atoms with van der Waals surface area (Å²) in [5, 5.41) is 0. The number of hydrogen-bond donors (Lipinski definition) is 1. The standard InChI is InChI=1S/CHF3O3S.Sm/c2-1(3,4)8(5,6)7;/h(H,5,6,7);. The molecule has 0 aliphatic heterocycles. The Morgan fingerprint density at radius 1 is 1.22 bits per heavy atom. The zero-order valence-electron chi connectivity index (χ0n) is 3.71. The molecule has 0 radical (unpaired) electrons. The first kappa shape index (κ1) is 12.7. The van der Waals surface area contributed by atoms with Crippen molar-refractivity contribution in [2.24, 2.45) is 0 Å². The van der Waals surface area contributed by atoms with E-state index < -0.39 is 15.6 Å². The van der Waals surface area contributed by atoms with Gasteiger partial charge in [0.1, 0.15) is 0 Å². The Labute approximate surface area is 81.5 Å². The average molecular weight is 300 g/mol.